The highest BCUT2D eigenvalue weighted by Gasteiger charge is 2.17. The van der Waals surface area contributed by atoms with Gasteiger partial charge in [-0.05, 0) is 37.8 Å². The van der Waals surface area contributed by atoms with Crippen molar-refractivity contribution in [1.29, 1.82) is 0 Å². The molecular weight excluding hydrogens is 348 g/mol. The van der Waals surface area contributed by atoms with Gasteiger partial charge in [-0.15, -0.1) is 11.3 Å². The Morgan fingerprint density at radius 1 is 1.35 bits per heavy atom. The van der Waals surface area contributed by atoms with Crippen molar-refractivity contribution in [3.8, 4) is 16.3 Å². The van der Waals surface area contributed by atoms with Gasteiger partial charge in [0, 0.05) is 35.9 Å². The molecule has 1 N–H and O–H groups in total. The SMILES string of the molecule is Cn1cc(-c2nc(C(=O)Nc3cccc(OC4CCCC4)c3)cs2)cn1. The Kier molecular flexibility index (Phi) is 4.71. The van der Waals surface area contributed by atoms with Gasteiger partial charge in [0.1, 0.15) is 16.5 Å². The Labute approximate surface area is 155 Å². The first-order valence-electron chi connectivity index (χ1n) is 8.70. The minimum atomic E-state index is -0.227. The summed E-state index contributed by atoms with van der Waals surface area (Å²) in [5, 5.41) is 9.57. The molecule has 0 bridgehead atoms. The van der Waals surface area contributed by atoms with Crippen molar-refractivity contribution < 1.29 is 9.53 Å². The smallest absolute Gasteiger partial charge is 0.275 e. The molecular formula is C19H20N4O2S. The molecule has 3 aromatic rings. The van der Waals surface area contributed by atoms with Crippen molar-refractivity contribution >= 4 is 22.9 Å². The predicted octanol–water partition coefficient (Wildman–Crippen LogP) is 4.12. The molecule has 1 saturated carbocycles. The lowest BCUT2D eigenvalue weighted by atomic mass is 10.2. The van der Waals surface area contributed by atoms with Gasteiger partial charge < -0.3 is 10.1 Å². The summed E-state index contributed by atoms with van der Waals surface area (Å²) in [5.41, 5.74) is 2.01. The number of amides is 1. The van der Waals surface area contributed by atoms with Crippen LogP contribution in [0.4, 0.5) is 5.69 Å². The Morgan fingerprint density at radius 3 is 2.96 bits per heavy atom. The van der Waals surface area contributed by atoms with E-state index in [9.17, 15) is 4.79 Å². The van der Waals surface area contributed by atoms with E-state index < -0.39 is 0 Å². The number of carbonyl (C=O) groups excluding carboxylic acids is 1. The van der Waals surface area contributed by atoms with Gasteiger partial charge >= 0.3 is 0 Å². The molecule has 7 heteroatoms. The minimum absolute atomic E-state index is 0.227. The largest absolute Gasteiger partial charge is 0.490 e. The lowest BCUT2D eigenvalue weighted by Gasteiger charge is -2.14. The topological polar surface area (TPSA) is 69.0 Å². The maximum absolute atomic E-state index is 12.5. The maximum Gasteiger partial charge on any atom is 0.275 e. The zero-order valence-electron chi connectivity index (χ0n) is 14.5. The molecule has 2 heterocycles. The number of carbonyl (C=O) groups is 1. The second-order valence-corrected chi connectivity index (χ2v) is 7.30. The Balaban J connectivity index is 1.44. The molecule has 0 spiro atoms. The zero-order valence-corrected chi connectivity index (χ0v) is 15.3. The van der Waals surface area contributed by atoms with E-state index in [4.69, 9.17) is 4.74 Å². The number of benzene rings is 1. The number of ether oxygens (including phenoxy) is 1. The lowest BCUT2D eigenvalue weighted by Crippen LogP contribution is -2.13. The number of anilines is 1. The first-order valence-corrected chi connectivity index (χ1v) is 9.58. The van der Waals surface area contributed by atoms with E-state index in [0.717, 1.165) is 29.2 Å². The van der Waals surface area contributed by atoms with Crippen LogP contribution in [0.25, 0.3) is 10.6 Å². The van der Waals surface area contributed by atoms with Gasteiger partial charge in [0.2, 0.25) is 0 Å². The summed E-state index contributed by atoms with van der Waals surface area (Å²) in [6.45, 7) is 0. The average molecular weight is 368 g/mol. The Morgan fingerprint density at radius 2 is 2.19 bits per heavy atom. The highest BCUT2D eigenvalue weighted by Crippen LogP contribution is 2.27. The second kappa shape index (κ2) is 7.29. The summed E-state index contributed by atoms with van der Waals surface area (Å²) in [7, 11) is 1.85. The molecule has 1 aliphatic carbocycles. The number of hydrogen-bond donors (Lipinski definition) is 1. The Hall–Kier alpha value is -2.67. The molecule has 1 aliphatic rings. The van der Waals surface area contributed by atoms with Gasteiger partial charge in [-0.25, -0.2) is 4.98 Å². The van der Waals surface area contributed by atoms with Crippen LogP contribution in [-0.4, -0.2) is 26.8 Å². The first kappa shape index (κ1) is 16.8. The first-order chi connectivity index (χ1) is 12.7. The van der Waals surface area contributed by atoms with Gasteiger partial charge in [0.25, 0.3) is 5.91 Å². The van der Waals surface area contributed by atoms with E-state index in [2.05, 4.69) is 15.4 Å². The van der Waals surface area contributed by atoms with E-state index in [-0.39, 0.29) is 5.91 Å². The van der Waals surface area contributed by atoms with Crippen molar-refractivity contribution in [2.24, 2.45) is 7.05 Å². The van der Waals surface area contributed by atoms with Crippen LogP contribution < -0.4 is 10.1 Å². The third kappa shape index (κ3) is 3.77. The summed E-state index contributed by atoms with van der Waals surface area (Å²) in [6.07, 6.45) is 8.57. The van der Waals surface area contributed by atoms with Crippen LogP contribution >= 0.6 is 11.3 Å². The molecule has 6 nitrogen and oxygen atoms in total. The molecule has 134 valence electrons. The molecule has 1 fully saturated rings. The monoisotopic (exact) mass is 368 g/mol. The molecule has 0 saturated heterocycles. The quantitative estimate of drug-likeness (QED) is 0.736. The molecule has 0 atom stereocenters. The fourth-order valence-electron chi connectivity index (χ4n) is 3.08. The lowest BCUT2D eigenvalue weighted by molar-refractivity contribution is 0.102. The Bertz CT molecular complexity index is 912. The van der Waals surface area contributed by atoms with Gasteiger partial charge in [0.05, 0.1) is 12.3 Å². The highest BCUT2D eigenvalue weighted by molar-refractivity contribution is 7.13. The zero-order chi connectivity index (χ0) is 17.9. The summed E-state index contributed by atoms with van der Waals surface area (Å²) >= 11 is 1.43. The molecule has 0 unspecified atom stereocenters. The molecule has 0 aliphatic heterocycles. The van der Waals surface area contributed by atoms with Gasteiger partial charge in [-0.3, -0.25) is 9.48 Å². The van der Waals surface area contributed by atoms with Crippen LogP contribution in [-0.2, 0) is 7.05 Å². The number of nitrogens with zero attached hydrogens (tertiary/aromatic N) is 3. The highest BCUT2D eigenvalue weighted by atomic mass is 32.1. The van der Waals surface area contributed by atoms with Gasteiger partial charge in [0.15, 0.2) is 0 Å². The van der Waals surface area contributed by atoms with E-state index in [1.807, 2.05) is 37.5 Å². The van der Waals surface area contributed by atoms with E-state index in [0.29, 0.717) is 17.5 Å². The van der Waals surface area contributed by atoms with E-state index >= 15 is 0 Å². The summed E-state index contributed by atoms with van der Waals surface area (Å²) in [6, 6.07) is 7.54. The predicted molar refractivity (Wildman–Crippen MR) is 102 cm³/mol. The van der Waals surface area contributed by atoms with Crippen molar-refractivity contribution in [3.05, 3.63) is 47.7 Å². The standard InChI is InChI=1S/C19H20N4O2S/c1-23-11-13(10-20-23)19-22-17(12-26-19)18(24)21-14-5-4-8-16(9-14)25-15-6-2-3-7-15/h4-5,8-12,15H,2-3,6-7H2,1H3,(H,21,24). The molecule has 4 rings (SSSR count). The van der Waals surface area contributed by atoms with E-state index in [1.165, 1.54) is 24.2 Å². The summed E-state index contributed by atoms with van der Waals surface area (Å²) in [5.74, 6) is 0.568. The molecule has 0 radical (unpaired) electrons. The maximum atomic E-state index is 12.5. The number of aromatic nitrogens is 3. The normalized spacial score (nSPS) is 14.5. The third-order valence-corrected chi connectivity index (χ3v) is 5.28. The average Bonchev–Trinajstić information content (AvgIpc) is 3.36. The molecule has 2 aromatic heterocycles. The fourth-order valence-corrected chi connectivity index (χ4v) is 3.86. The molecule has 26 heavy (non-hydrogen) atoms. The van der Waals surface area contributed by atoms with Crippen LogP contribution in [0.3, 0.4) is 0 Å². The van der Waals surface area contributed by atoms with Crippen LogP contribution in [0.2, 0.25) is 0 Å². The van der Waals surface area contributed by atoms with Crippen molar-refractivity contribution in [2.45, 2.75) is 31.8 Å². The van der Waals surface area contributed by atoms with Crippen LogP contribution in [0.1, 0.15) is 36.2 Å². The summed E-state index contributed by atoms with van der Waals surface area (Å²) in [4.78, 5) is 16.9. The number of rotatable bonds is 5. The minimum Gasteiger partial charge on any atom is -0.490 e. The number of nitrogens with one attached hydrogen (secondary N) is 1. The van der Waals surface area contributed by atoms with Crippen LogP contribution in [0, 0.1) is 0 Å². The van der Waals surface area contributed by atoms with Crippen LogP contribution in [0.5, 0.6) is 5.75 Å². The number of thiazole rings is 1. The van der Waals surface area contributed by atoms with Crippen LogP contribution in [0.15, 0.2) is 42.0 Å². The number of aryl methyl sites for hydroxylation is 1. The van der Waals surface area contributed by atoms with Gasteiger partial charge in [-0.1, -0.05) is 6.07 Å². The third-order valence-electron chi connectivity index (χ3n) is 4.39. The van der Waals surface area contributed by atoms with Crippen molar-refractivity contribution in [2.75, 3.05) is 5.32 Å². The second-order valence-electron chi connectivity index (χ2n) is 6.45. The fraction of sp³-hybridized carbons (Fsp3) is 0.316. The molecule has 1 aromatic carbocycles. The number of hydrogen-bond acceptors (Lipinski definition) is 5. The van der Waals surface area contributed by atoms with Gasteiger partial charge in [-0.2, -0.15) is 5.10 Å². The van der Waals surface area contributed by atoms with Crippen molar-refractivity contribution in [3.63, 3.8) is 0 Å². The molecule has 1 amide bonds. The van der Waals surface area contributed by atoms with Crippen molar-refractivity contribution in [1.82, 2.24) is 14.8 Å². The van der Waals surface area contributed by atoms with E-state index in [1.54, 1.807) is 16.3 Å². The summed E-state index contributed by atoms with van der Waals surface area (Å²) < 4.78 is 7.71.